The molecule has 0 unspecified atom stereocenters. The molecular formula is C22H25N5O. The first kappa shape index (κ1) is 18.4. The number of hydrogen-bond donors (Lipinski definition) is 1. The summed E-state index contributed by atoms with van der Waals surface area (Å²) in [4.78, 5) is 19.5. The molecule has 3 aromatic rings. The fraction of sp³-hybridized carbons (Fsp3) is 0.318. The maximum absolute atomic E-state index is 13.0. The highest BCUT2D eigenvalue weighted by molar-refractivity contribution is 5.93. The third-order valence-corrected chi connectivity index (χ3v) is 5.38. The highest BCUT2D eigenvalue weighted by Gasteiger charge is 2.23. The summed E-state index contributed by atoms with van der Waals surface area (Å²) < 4.78 is 1.93. The Kier molecular flexibility index (Phi) is 4.96. The van der Waals surface area contributed by atoms with Crippen molar-refractivity contribution in [1.29, 1.82) is 0 Å². The molecule has 0 bridgehead atoms. The van der Waals surface area contributed by atoms with Crippen LogP contribution in [0, 0.1) is 13.8 Å². The Labute approximate surface area is 165 Å². The van der Waals surface area contributed by atoms with Crippen molar-refractivity contribution >= 4 is 5.91 Å². The summed E-state index contributed by atoms with van der Waals surface area (Å²) >= 11 is 0. The molecular weight excluding hydrogens is 350 g/mol. The number of aromatic nitrogens is 3. The van der Waals surface area contributed by atoms with Crippen molar-refractivity contribution in [3.63, 3.8) is 0 Å². The van der Waals surface area contributed by atoms with Crippen LogP contribution in [0.2, 0.25) is 0 Å². The van der Waals surface area contributed by atoms with Gasteiger partial charge in [0, 0.05) is 25.5 Å². The minimum Gasteiger partial charge on any atom is -0.340 e. The second-order valence-corrected chi connectivity index (χ2v) is 7.52. The second-order valence-electron chi connectivity index (χ2n) is 7.52. The van der Waals surface area contributed by atoms with Gasteiger partial charge in [0.15, 0.2) is 5.69 Å². The third-order valence-electron chi connectivity index (χ3n) is 5.38. The normalized spacial score (nSPS) is 15.1. The summed E-state index contributed by atoms with van der Waals surface area (Å²) in [5.41, 5.74) is 5.94. The summed E-state index contributed by atoms with van der Waals surface area (Å²) in [7, 11) is 2.08. The fourth-order valence-electron chi connectivity index (χ4n) is 3.56. The van der Waals surface area contributed by atoms with E-state index in [0.29, 0.717) is 5.69 Å². The minimum absolute atomic E-state index is 0.170. The van der Waals surface area contributed by atoms with Gasteiger partial charge in [-0.05, 0) is 55.3 Å². The van der Waals surface area contributed by atoms with Crippen LogP contribution in [0.4, 0.5) is 0 Å². The monoisotopic (exact) mass is 375 g/mol. The van der Waals surface area contributed by atoms with Crippen LogP contribution in [0.3, 0.4) is 0 Å². The van der Waals surface area contributed by atoms with Crippen molar-refractivity contribution in [2.75, 3.05) is 13.6 Å². The summed E-state index contributed by atoms with van der Waals surface area (Å²) in [6, 6.07) is 11.8. The topological polar surface area (TPSA) is 63.1 Å². The standard InChI is InChI=1S/C22H25N5O/c1-15-6-7-17(11-16(15)2)21(18-5-4-8-23-13-18)24-22(28)20-12-19-14-26(3)9-10-27(19)25-20/h4-8,11-13,21H,9-10,14H2,1-3H3,(H,24,28)/t21-/m1/s1. The van der Waals surface area contributed by atoms with E-state index < -0.39 is 0 Å². The Morgan fingerprint density at radius 2 is 1.96 bits per heavy atom. The molecule has 144 valence electrons. The Hall–Kier alpha value is -2.99. The number of aryl methyl sites for hydroxylation is 2. The number of likely N-dealkylation sites (N-methyl/N-ethyl adjacent to an activating group) is 1. The quantitative estimate of drug-likeness (QED) is 0.762. The lowest BCUT2D eigenvalue weighted by atomic mass is 9.96. The van der Waals surface area contributed by atoms with Gasteiger partial charge in [0.1, 0.15) is 0 Å². The first-order valence-electron chi connectivity index (χ1n) is 9.54. The van der Waals surface area contributed by atoms with Crippen LogP contribution in [0.1, 0.15) is 44.5 Å². The number of fused-ring (bicyclic) bond motifs is 1. The molecule has 0 saturated carbocycles. The van der Waals surface area contributed by atoms with Crippen molar-refractivity contribution in [1.82, 2.24) is 25.0 Å². The van der Waals surface area contributed by atoms with Gasteiger partial charge in [0.05, 0.1) is 18.3 Å². The lowest BCUT2D eigenvalue weighted by molar-refractivity contribution is 0.0937. The zero-order valence-electron chi connectivity index (χ0n) is 16.5. The number of carbonyl (C=O) groups excluding carboxylic acids is 1. The number of amides is 1. The van der Waals surface area contributed by atoms with Gasteiger partial charge in [-0.2, -0.15) is 5.10 Å². The van der Waals surface area contributed by atoms with Gasteiger partial charge in [-0.1, -0.05) is 24.3 Å². The maximum atomic E-state index is 13.0. The van der Waals surface area contributed by atoms with Crippen LogP contribution in [-0.2, 0) is 13.1 Å². The average molecular weight is 375 g/mol. The molecule has 3 heterocycles. The number of nitrogens with one attached hydrogen (secondary N) is 1. The van der Waals surface area contributed by atoms with Gasteiger partial charge in [0.2, 0.25) is 0 Å². The third kappa shape index (κ3) is 3.68. The number of pyridine rings is 1. The number of rotatable bonds is 4. The predicted octanol–water partition coefficient (Wildman–Crippen LogP) is 2.86. The predicted molar refractivity (Wildman–Crippen MR) is 108 cm³/mol. The molecule has 0 spiro atoms. The molecule has 28 heavy (non-hydrogen) atoms. The fourth-order valence-corrected chi connectivity index (χ4v) is 3.56. The lowest BCUT2D eigenvalue weighted by Crippen LogP contribution is -2.31. The number of benzene rings is 1. The molecule has 1 N–H and O–H groups in total. The molecule has 0 saturated heterocycles. The van der Waals surface area contributed by atoms with Gasteiger partial charge in [-0.15, -0.1) is 0 Å². The average Bonchev–Trinajstić information content (AvgIpc) is 3.12. The Bertz CT molecular complexity index is 995. The largest absolute Gasteiger partial charge is 0.340 e. The first-order valence-corrected chi connectivity index (χ1v) is 9.54. The zero-order valence-corrected chi connectivity index (χ0v) is 16.5. The van der Waals surface area contributed by atoms with Crippen LogP contribution in [0.5, 0.6) is 0 Å². The van der Waals surface area contributed by atoms with Crippen LogP contribution < -0.4 is 5.32 Å². The molecule has 2 aromatic heterocycles. The molecule has 1 aliphatic rings. The van der Waals surface area contributed by atoms with Gasteiger partial charge < -0.3 is 5.32 Å². The molecule has 1 atom stereocenters. The van der Waals surface area contributed by atoms with E-state index >= 15 is 0 Å². The number of nitrogens with zero attached hydrogens (tertiary/aromatic N) is 4. The molecule has 6 heteroatoms. The highest BCUT2D eigenvalue weighted by atomic mass is 16.2. The molecule has 4 rings (SSSR count). The molecule has 0 aliphatic carbocycles. The lowest BCUT2D eigenvalue weighted by Gasteiger charge is -2.22. The van der Waals surface area contributed by atoms with E-state index in [2.05, 4.69) is 59.4 Å². The summed E-state index contributed by atoms with van der Waals surface area (Å²) in [5.74, 6) is -0.170. The van der Waals surface area contributed by atoms with E-state index in [0.717, 1.165) is 36.5 Å². The van der Waals surface area contributed by atoms with Gasteiger partial charge in [-0.25, -0.2) is 0 Å². The Balaban J connectivity index is 1.64. The Morgan fingerprint density at radius 1 is 1.11 bits per heavy atom. The number of carbonyl (C=O) groups is 1. The Morgan fingerprint density at radius 3 is 2.71 bits per heavy atom. The molecule has 1 aliphatic heterocycles. The van der Waals surface area contributed by atoms with Crippen molar-refractivity contribution in [3.05, 3.63) is 82.4 Å². The second kappa shape index (κ2) is 7.56. The molecule has 1 aromatic carbocycles. The zero-order chi connectivity index (χ0) is 19.7. The van der Waals surface area contributed by atoms with E-state index in [1.165, 1.54) is 11.1 Å². The summed E-state index contributed by atoms with van der Waals surface area (Å²) in [5, 5.41) is 7.68. The molecule has 0 fully saturated rings. The minimum atomic E-state index is -0.276. The smallest absolute Gasteiger partial charge is 0.272 e. The van der Waals surface area contributed by atoms with E-state index in [4.69, 9.17) is 0 Å². The van der Waals surface area contributed by atoms with E-state index in [9.17, 15) is 4.79 Å². The SMILES string of the molecule is Cc1ccc([C@@H](NC(=O)c2cc3n(n2)CCN(C)C3)c2cccnc2)cc1C. The van der Waals surface area contributed by atoms with Crippen molar-refractivity contribution < 1.29 is 4.79 Å². The van der Waals surface area contributed by atoms with Crippen LogP contribution in [-0.4, -0.2) is 39.2 Å². The summed E-state index contributed by atoms with van der Waals surface area (Å²) in [6.45, 7) is 6.73. The number of hydrogen-bond acceptors (Lipinski definition) is 4. The van der Waals surface area contributed by atoms with Crippen LogP contribution >= 0.6 is 0 Å². The molecule has 1 amide bonds. The van der Waals surface area contributed by atoms with E-state index in [1.54, 1.807) is 12.4 Å². The maximum Gasteiger partial charge on any atom is 0.272 e. The van der Waals surface area contributed by atoms with Crippen molar-refractivity contribution in [2.24, 2.45) is 0 Å². The highest BCUT2D eigenvalue weighted by Crippen LogP contribution is 2.24. The summed E-state index contributed by atoms with van der Waals surface area (Å²) in [6.07, 6.45) is 3.54. The molecule has 6 nitrogen and oxygen atoms in total. The van der Waals surface area contributed by atoms with Gasteiger partial charge >= 0.3 is 0 Å². The van der Waals surface area contributed by atoms with Crippen molar-refractivity contribution in [3.8, 4) is 0 Å². The van der Waals surface area contributed by atoms with Gasteiger partial charge in [-0.3, -0.25) is 19.4 Å². The van der Waals surface area contributed by atoms with E-state index in [-0.39, 0.29) is 11.9 Å². The van der Waals surface area contributed by atoms with Crippen LogP contribution in [0.25, 0.3) is 0 Å². The van der Waals surface area contributed by atoms with Gasteiger partial charge in [0.25, 0.3) is 5.91 Å². The first-order chi connectivity index (χ1) is 13.5. The van der Waals surface area contributed by atoms with Crippen LogP contribution in [0.15, 0.2) is 48.8 Å². The van der Waals surface area contributed by atoms with Crippen molar-refractivity contribution in [2.45, 2.75) is 33.0 Å². The van der Waals surface area contributed by atoms with E-state index in [1.807, 2.05) is 22.9 Å². The molecule has 0 radical (unpaired) electrons.